The fourth-order valence-electron chi connectivity index (χ4n) is 2.88. The minimum absolute atomic E-state index is 0.0346. The zero-order chi connectivity index (χ0) is 19.1. The molecule has 1 amide bonds. The predicted molar refractivity (Wildman–Crippen MR) is 111 cm³/mol. The molecular weight excluding hydrogens is 380 g/mol. The lowest BCUT2D eigenvalue weighted by Gasteiger charge is -2.26. The summed E-state index contributed by atoms with van der Waals surface area (Å²) in [4.78, 5) is 15.8. The average Bonchev–Trinajstić information content (AvgIpc) is 2.69. The van der Waals surface area contributed by atoms with Gasteiger partial charge in [0, 0.05) is 36.1 Å². The molecule has 0 radical (unpaired) electrons. The quantitative estimate of drug-likeness (QED) is 0.709. The largest absolute Gasteiger partial charge is 0.379 e. The van der Waals surface area contributed by atoms with E-state index in [0.29, 0.717) is 11.6 Å². The Morgan fingerprint density at radius 3 is 2.41 bits per heavy atom. The minimum Gasteiger partial charge on any atom is -0.379 e. The Morgan fingerprint density at radius 1 is 1.11 bits per heavy atom. The van der Waals surface area contributed by atoms with E-state index in [1.165, 1.54) is 17.3 Å². The maximum atomic E-state index is 12.3. The first-order valence-electron chi connectivity index (χ1n) is 9.18. The van der Waals surface area contributed by atoms with Crippen molar-refractivity contribution >= 4 is 29.3 Å². The van der Waals surface area contributed by atoms with Gasteiger partial charge in [0.05, 0.1) is 18.5 Å². The van der Waals surface area contributed by atoms with Gasteiger partial charge in [-0.1, -0.05) is 35.9 Å². The Labute approximate surface area is 170 Å². The third-order valence-electron chi connectivity index (χ3n) is 4.50. The van der Waals surface area contributed by atoms with Gasteiger partial charge in [-0.25, -0.2) is 0 Å². The first-order chi connectivity index (χ1) is 13.1. The van der Waals surface area contributed by atoms with Gasteiger partial charge >= 0.3 is 0 Å². The van der Waals surface area contributed by atoms with E-state index in [-0.39, 0.29) is 11.2 Å². The fraction of sp³-hybridized carbons (Fsp3) is 0.381. The molecule has 6 heteroatoms. The maximum Gasteiger partial charge on any atom is 0.233 e. The van der Waals surface area contributed by atoms with Crippen molar-refractivity contribution in [3.8, 4) is 0 Å². The van der Waals surface area contributed by atoms with Crippen LogP contribution in [0, 0.1) is 0 Å². The van der Waals surface area contributed by atoms with Crippen molar-refractivity contribution in [1.82, 2.24) is 10.2 Å². The second-order valence-electron chi connectivity index (χ2n) is 6.64. The van der Waals surface area contributed by atoms with Gasteiger partial charge in [0.25, 0.3) is 0 Å². The number of carbonyl (C=O) groups excluding carboxylic acids is 1. The number of nitrogens with one attached hydrogen (secondary N) is 1. The van der Waals surface area contributed by atoms with Crippen molar-refractivity contribution < 1.29 is 9.53 Å². The zero-order valence-corrected chi connectivity index (χ0v) is 17.1. The Kier molecular flexibility index (Phi) is 7.59. The molecule has 0 bridgehead atoms. The molecule has 0 unspecified atom stereocenters. The third-order valence-corrected chi connectivity index (χ3v) is 5.86. The van der Waals surface area contributed by atoms with E-state index < -0.39 is 0 Å². The van der Waals surface area contributed by atoms with Gasteiger partial charge in [-0.2, -0.15) is 0 Å². The van der Waals surface area contributed by atoms with Crippen LogP contribution in [0.25, 0.3) is 0 Å². The van der Waals surface area contributed by atoms with E-state index in [1.54, 1.807) is 0 Å². The van der Waals surface area contributed by atoms with Gasteiger partial charge in [-0.05, 0) is 42.3 Å². The average molecular weight is 405 g/mol. The van der Waals surface area contributed by atoms with Gasteiger partial charge in [0.15, 0.2) is 0 Å². The first-order valence-corrected chi connectivity index (χ1v) is 10.4. The normalized spacial score (nSPS) is 16.1. The van der Waals surface area contributed by atoms with Crippen LogP contribution in [-0.2, 0) is 22.6 Å². The Hall–Kier alpha value is -1.53. The highest BCUT2D eigenvalue weighted by atomic mass is 35.5. The van der Waals surface area contributed by atoms with Crippen LogP contribution >= 0.6 is 23.4 Å². The number of thioether (sulfide) groups is 1. The van der Waals surface area contributed by atoms with Crippen LogP contribution in [-0.4, -0.2) is 42.4 Å². The van der Waals surface area contributed by atoms with Gasteiger partial charge < -0.3 is 10.1 Å². The molecule has 0 aliphatic carbocycles. The van der Waals surface area contributed by atoms with Gasteiger partial charge in [-0.3, -0.25) is 9.69 Å². The summed E-state index contributed by atoms with van der Waals surface area (Å²) in [5.74, 6) is 0.0346. The van der Waals surface area contributed by atoms with Crippen molar-refractivity contribution in [2.45, 2.75) is 30.2 Å². The molecule has 27 heavy (non-hydrogen) atoms. The maximum absolute atomic E-state index is 12.3. The van der Waals surface area contributed by atoms with Crippen molar-refractivity contribution in [2.75, 3.05) is 26.3 Å². The predicted octanol–water partition coefficient (Wildman–Crippen LogP) is 3.97. The van der Waals surface area contributed by atoms with E-state index >= 15 is 0 Å². The number of amides is 1. The summed E-state index contributed by atoms with van der Waals surface area (Å²) in [5, 5.41) is 3.56. The summed E-state index contributed by atoms with van der Waals surface area (Å²) in [6.45, 7) is 7.02. The highest BCUT2D eigenvalue weighted by Gasteiger charge is 2.14. The molecule has 1 saturated heterocycles. The van der Waals surface area contributed by atoms with E-state index in [1.807, 2.05) is 31.2 Å². The molecule has 0 aromatic heterocycles. The number of ether oxygens (including phenoxy) is 1. The Balaban J connectivity index is 1.44. The molecule has 1 heterocycles. The zero-order valence-electron chi connectivity index (χ0n) is 15.5. The lowest BCUT2D eigenvalue weighted by atomic mass is 10.1. The summed E-state index contributed by atoms with van der Waals surface area (Å²) in [5.41, 5.74) is 2.40. The van der Waals surface area contributed by atoms with E-state index in [4.69, 9.17) is 16.3 Å². The summed E-state index contributed by atoms with van der Waals surface area (Å²) in [6.07, 6.45) is 0. The van der Waals surface area contributed by atoms with E-state index in [0.717, 1.165) is 43.3 Å². The smallest absolute Gasteiger partial charge is 0.233 e. The molecule has 2 aromatic carbocycles. The minimum atomic E-state index is -0.160. The highest BCUT2D eigenvalue weighted by molar-refractivity contribution is 8.00. The Morgan fingerprint density at radius 2 is 1.74 bits per heavy atom. The molecule has 1 aliphatic heterocycles. The third kappa shape index (κ3) is 6.54. The number of carbonyl (C=O) groups is 1. The molecule has 0 saturated carbocycles. The molecule has 4 nitrogen and oxygen atoms in total. The number of morpholine rings is 1. The molecule has 0 spiro atoms. The summed E-state index contributed by atoms with van der Waals surface area (Å²) >= 11 is 7.43. The number of benzene rings is 2. The summed E-state index contributed by atoms with van der Waals surface area (Å²) in [7, 11) is 0. The van der Waals surface area contributed by atoms with Crippen molar-refractivity contribution in [2.24, 2.45) is 0 Å². The van der Waals surface area contributed by atoms with Crippen molar-refractivity contribution in [3.63, 3.8) is 0 Å². The second kappa shape index (κ2) is 10.1. The monoisotopic (exact) mass is 404 g/mol. The molecule has 2 aromatic rings. The SMILES string of the molecule is C[C@H](Sc1ccc(Cl)cc1)C(=O)NCc1ccc(CN2CCOCC2)cc1. The highest BCUT2D eigenvalue weighted by Crippen LogP contribution is 2.24. The van der Waals surface area contributed by atoms with Gasteiger partial charge in [0.1, 0.15) is 0 Å². The van der Waals surface area contributed by atoms with E-state index in [9.17, 15) is 4.79 Å². The molecule has 1 atom stereocenters. The summed E-state index contributed by atoms with van der Waals surface area (Å²) in [6, 6.07) is 16.0. The van der Waals surface area contributed by atoms with Gasteiger partial charge in [0.2, 0.25) is 5.91 Å². The lowest BCUT2D eigenvalue weighted by molar-refractivity contribution is -0.120. The van der Waals surface area contributed by atoms with Gasteiger partial charge in [-0.15, -0.1) is 11.8 Å². The lowest BCUT2D eigenvalue weighted by Crippen LogP contribution is -2.35. The van der Waals surface area contributed by atoms with Crippen LogP contribution in [0.2, 0.25) is 5.02 Å². The first kappa shape index (κ1) is 20.2. The van der Waals surface area contributed by atoms with Crippen molar-refractivity contribution in [1.29, 1.82) is 0 Å². The molecule has 3 rings (SSSR count). The van der Waals surface area contributed by atoms with Crippen LogP contribution in [0.4, 0.5) is 0 Å². The molecule has 1 fully saturated rings. The van der Waals surface area contributed by atoms with E-state index in [2.05, 4.69) is 34.5 Å². The fourth-order valence-corrected chi connectivity index (χ4v) is 3.90. The summed E-state index contributed by atoms with van der Waals surface area (Å²) < 4.78 is 5.38. The molecule has 144 valence electrons. The van der Waals surface area contributed by atoms with Crippen LogP contribution in [0.1, 0.15) is 18.1 Å². The number of hydrogen-bond donors (Lipinski definition) is 1. The molecule has 1 aliphatic rings. The molecular formula is C21H25ClN2O2S. The Bertz CT molecular complexity index is 731. The van der Waals surface area contributed by atoms with Crippen LogP contribution < -0.4 is 5.32 Å². The topological polar surface area (TPSA) is 41.6 Å². The number of hydrogen-bond acceptors (Lipinski definition) is 4. The number of nitrogens with zero attached hydrogens (tertiary/aromatic N) is 1. The number of rotatable bonds is 7. The van der Waals surface area contributed by atoms with Crippen LogP contribution in [0.15, 0.2) is 53.4 Å². The van der Waals surface area contributed by atoms with Crippen molar-refractivity contribution in [3.05, 3.63) is 64.7 Å². The second-order valence-corrected chi connectivity index (χ2v) is 8.49. The standard InChI is InChI=1S/C21H25ClN2O2S/c1-16(27-20-8-6-19(22)7-9-20)21(25)23-14-17-2-4-18(5-3-17)15-24-10-12-26-13-11-24/h2-9,16H,10-15H2,1H3,(H,23,25)/t16-/m0/s1. The molecule has 1 N–H and O–H groups in total. The van der Waals surface area contributed by atoms with Crippen LogP contribution in [0.3, 0.4) is 0 Å². The number of halogens is 1. The van der Waals surface area contributed by atoms with Crippen LogP contribution in [0.5, 0.6) is 0 Å².